The van der Waals surface area contributed by atoms with Crippen LogP contribution in [0.1, 0.15) is 32.9 Å². The fourth-order valence-electron chi connectivity index (χ4n) is 1.13. The van der Waals surface area contributed by atoms with Crippen molar-refractivity contribution in [1.29, 1.82) is 0 Å². The summed E-state index contributed by atoms with van der Waals surface area (Å²) >= 11 is 0.865. The zero-order valence-corrected chi connectivity index (χ0v) is 12.4. The first-order chi connectivity index (χ1) is 8.08. The predicted octanol–water partition coefficient (Wildman–Crippen LogP) is 1.47. The van der Waals surface area contributed by atoms with Crippen LogP contribution in [0, 0.1) is 12.3 Å². The van der Waals surface area contributed by atoms with Crippen molar-refractivity contribution in [2.45, 2.75) is 38.3 Å². The Morgan fingerprint density at radius 2 is 2.06 bits per heavy atom. The number of aromatic nitrogens is 1. The van der Waals surface area contributed by atoms with Crippen LogP contribution in [-0.4, -0.2) is 19.3 Å². The number of thiazole rings is 1. The SMILES string of the molecule is CCC(C)(C)C(=O)Nc1nc(C)c(S(N)(=O)=O)s1. The summed E-state index contributed by atoms with van der Waals surface area (Å²) in [7, 11) is -3.78. The molecule has 1 amide bonds. The van der Waals surface area contributed by atoms with Crippen LogP contribution in [-0.2, 0) is 14.8 Å². The van der Waals surface area contributed by atoms with E-state index in [-0.39, 0.29) is 15.2 Å². The molecule has 0 fully saturated rings. The number of rotatable bonds is 4. The van der Waals surface area contributed by atoms with Gasteiger partial charge in [0, 0.05) is 5.41 Å². The standard InChI is InChI=1S/C10H17N3O3S2/c1-5-10(3,4)8(14)13-9-12-6(2)7(17-9)18(11,15)16/h5H2,1-4H3,(H2,11,15,16)(H,12,13,14). The van der Waals surface area contributed by atoms with Gasteiger partial charge >= 0.3 is 0 Å². The van der Waals surface area contributed by atoms with Crippen LogP contribution in [0.2, 0.25) is 0 Å². The van der Waals surface area contributed by atoms with Gasteiger partial charge in [0.2, 0.25) is 15.9 Å². The highest BCUT2D eigenvalue weighted by Gasteiger charge is 2.27. The normalized spacial score (nSPS) is 12.5. The summed E-state index contributed by atoms with van der Waals surface area (Å²) in [4.78, 5) is 15.9. The van der Waals surface area contributed by atoms with Gasteiger partial charge < -0.3 is 5.32 Å². The molecule has 102 valence electrons. The lowest BCUT2D eigenvalue weighted by Crippen LogP contribution is -2.29. The smallest absolute Gasteiger partial charge is 0.249 e. The number of amides is 1. The van der Waals surface area contributed by atoms with Gasteiger partial charge in [-0.3, -0.25) is 4.79 Å². The Morgan fingerprint density at radius 3 is 2.44 bits per heavy atom. The van der Waals surface area contributed by atoms with Crippen molar-refractivity contribution in [3.63, 3.8) is 0 Å². The molecule has 0 radical (unpaired) electrons. The lowest BCUT2D eigenvalue weighted by atomic mass is 9.89. The van der Waals surface area contributed by atoms with E-state index in [1.165, 1.54) is 6.92 Å². The number of nitrogens with one attached hydrogen (secondary N) is 1. The van der Waals surface area contributed by atoms with E-state index in [4.69, 9.17) is 5.14 Å². The van der Waals surface area contributed by atoms with Crippen molar-refractivity contribution < 1.29 is 13.2 Å². The number of nitrogens with two attached hydrogens (primary N) is 1. The minimum absolute atomic E-state index is 0.0212. The number of hydrogen-bond donors (Lipinski definition) is 2. The second-order valence-electron chi connectivity index (χ2n) is 4.63. The highest BCUT2D eigenvalue weighted by Crippen LogP contribution is 2.28. The Bertz CT molecular complexity index is 561. The molecule has 1 rings (SSSR count). The van der Waals surface area contributed by atoms with Crippen LogP contribution >= 0.6 is 11.3 Å². The average molecular weight is 291 g/mol. The largest absolute Gasteiger partial charge is 0.301 e. The summed E-state index contributed by atoms with van der Waals surface area (Å²) in [6.45, 7) is 7.06. The Balaban J connectivity index is 2.99. The third-order valence-electron chi connectivity index (χ3n) is 2.73. The van der Waals surface area contributed by atoms with Crippen molar-refractivity contribution in [1.82, 2.24) is 4.98 Å². The minimum Gasteiger partial charge on any atom is -0.301 e. The van der Waals surface area contributed by atoms with Gasteiger partial charge in [-0.25, -0.2) is 18.5 Å². The predicted molar refractivity (Wildman–Crippen MR) is 70.9 cm³/mol. The number of primary sulfonamides is 1. The first-order valence-electron chi connectivity index (χ1n) is 5.39. The van der Waals surface area contributed by atoms with E-state index >= 15 is 0 Å². The monoisotopic (exact) mass is 291 g/mol. The highest BCUT2D eigenvalue weighted by atomic mass is 32.2. The van der Waals surface area contributed by atoms with E-state index in [0.717, 1.165) is 11.3 Å². The van der Waals surface area contributed by atoms with Gasteiger partial charge in [0.15, 0.2) is 9.34 Å². The molecule has 0 saturated heterocycles. The number of anilines is 1. The lowest BCUT2D eigenvalue weighted by molar-refractivity contribution is -0.124. The number of aryl methyl sites for hydroxylation is 1. The van der Waals surface area contributed by atoms with Crippen molar-refractivity contribution in [3.05, 3.63) is 5.69 Å². The van der Waals surface area contributed by atoms with Crippen LogP contribution in [0.25, 0.3) is 0 Å². The van der Waals surface area contributed by atoms with Crippen molar-refractivity contribution in [3.8, 4) is 0 Å². The van der Waals surface area contributed by atoms with Gasteiger partial charge in [0.1, 0.15) is 0 Å². The van der Waals surface area contributed by atoms with E-state index in [9.17, 15) is 13.2 Å². The van der Waals surface area contributed by atoms with Gasteiger partial charge in [0.25, 0.3) is 0 Å². The summed E-state index contributed by atoms with van der Waals surface area (Å²) in [5, 5.41) is 7.91. The topological polar surface area (TPSA) is 102 Å². The highest BCUT2D eigenvalue weighted by molar-refractivity contribution is 7.91. The minimum atomic E-state index is -3.78. The third kappa shape index (κ3) is 3.27. The van der Waals surface area contributed by atoms with Gasteiger partial charge in [-0.15, -0.1) is 0 Å². The number of hydrogen-bond acceptors (Lipinski definition) is 5. The lowest BCUT2D eigenvalue weighted by Gasteiger charge is -2.20. The third-order valence-corrected chi connectivity index (χ3v) is 5.36. The molecule has 0 saturated carbocycles. The second-order valence-corrected chi connectivity index (χ2v) is 7.38. The van der Waals surface area contributed by atoms with E-state index in [2.05, 4.69) is 10.3 Å². The molecule has 0 aliphatic rings. The number of carbonyl (C=O) groups is 1. The molecule has 1 aromatic heterocycles. The molecule has 0 atom stereocenters. The van der Waals surface area contributed by atoms with Gasteiger partial charge in [0.05, 0.1) is 5.69 Å². The maximum atomic E-state index is 11.9. The molecule has 6 nitrogen and oxygen atoms in total. The molecule has 0 spiro atoms. The first-order valence-corrected chi connectivity index (χ1v) is 7.76. The molecule has 0 unspecified atom stereocenters. The van der Waals surface area contributed by atoms with E-state index in [0.29, 0.717) is 12.1 Å². The Morgan fingerprint density at radius 1 is 1.50 bits per heavy atom. The summed E-state index contributed by atoms with van der Waals surface area (Å²) in [5.41, 5.74) is -0.228. The second kappa shape index (κ2) is 4.94. The summed E-state index contributed by atoms with van der Waals surface area (Å²) in [6.07, 6.45) is 0.672. The maximum absolute atomic E-state index is 11.9. The van der Waals surface area contributed by atoms with Crippen LogP contribution in [0.15, 0.2) is 4.21 Å². The fourth-order valence-corrected chi connectivity index (χ4v) is 2.98. The zero-order chi connectivity index (χ0) is 14.1. The van der Waals surface area contributed by atoms with E-state index < -0.39 is 15.4 Å². The quantitative estimate of drug-likeness (QED) is 0.877. The van der Waals surface area contributed by atoms with Gasteiger partial charge in [-0.05, 0) is 13.3 Å². The molecule has 8 heteroatoms. The van der Waals surface area contributed by atoms with E-state index in [1.807, 2.05) is 20.8 Å². The molecular formula is C10H17N3O3S2. The molecule has 18 heavy (non-hydrogen) atoms. The van der Waals surface area contributed by atoms with Crippen LogP contribution in [0.3, 0.4) is 0 Å². The Kier molecular flexibility index (Phi) is 4.14. The van der Waals surface area contributed by atoms with Crippen molar-refractivity contribution >= 4 is 32.4 Å². The van der Waals surface area contributed by atoms with Crippen LogP contribution in [0.5, 0.6) is 0 Å². The van der Waals surface area contributed by atoms with Crippen molar-refractivity contribution in [2.75, 3.05) is 5.32 Å². The Labute approximate surface area is 111 Å². The molecule has 1 heterocycles. The van der Waals surface area contributed by atoms with Crippen LogP contribution < -0.4 is 10.5 Å². The zero-order valence-electron chi connectivity index (χ0n) is 10.8. The first kappa shape index (κ1) is 15.1. The number of carbonyl (C=O) groups excluding carboxylic acids is 1. The van der Waals surface area contributed by atoms with Gasteiger partial charge in [-0.2, -0.15) is 0 Å². The van der Waals surface area contributed by atoms with E-state index in [1.54, 1.807) is 0 Å². The molecule has 1 aromatic rings. The van der Waals surface area contributed by atoms with Crippen LogP contribution in [0.4, 0.5) is 5.13 Å². The number of sulfonamides is 1. The molecule has 0 aromatic carbocycles. The van der Waals surface area contributed by atoms with Crippen molar-refractivity contribution in [2.24, 2.45) is 10.6 Å². The molecule has 0 aliphatic carbocycles. The van der Waals surface area contributed by atoms with Gasteiger partial charge in [-0.1, -0.05) is 32.1 Å². The molecular weight excluding hydrogens is 274 g/mol. The number of nitrogens with zero attached hydrogens (tertiary/aromatic N) is 1. The summed E-state index contributed by atoms with van der Waals surface area (Å²) < 4.78 is 22.5. The average Bonchev–Trinajstić information content (AvgIpc) is 2.59. The Hall–Kier alpha value is -0.990. The molecule has 0 bridgehead atoms. The molecule has 3 N–H and O–H groups in total. The maximum Gasteiger partial charge on any atom is 0.249 e. The fraction of sp³-hybridized carbons (Fsp3) is 0.600. The molecule has 0 aliphatic heterocycles. The summed E-state index contributed by atoms with van der Waals surface area (Å²) in [6, 6.07) is 0. The summed E-state index contributed by atoms with van der Waals surface area (Å²) in [5.74, 6) is -0.195.